The van der Waals surface area contributed by atoms with Crippen molar-refractivity contribution >= 4 is 39.5 Å². The standard InChI is InChI=1S/C77H150O17P2/c1-7-9-11-13-15-17-18-19-20-21-22-23-24-25-26-27-28-33-36-43-49-55-61-76(81)93-73(66-88-75(80)60-54-48-42-35-32-30-29-31-34-39-45-51-57-69(3)4)68-92-96(85,86)90-64-71(78)63-89-95(83,84)91-67-72(65-87-74(79)59-53-47-41-16-14-12-10-8-2)94-77(82)62-56-50-44-38-37-40-46-52-58-70(5)6/h69-73,78H,7-68H2,1-6H3,(H,83,84)(H,85,86)/t71-,72+,73+/m0/s1. The lowest BCUT2D eigenvalue weighted by Crippen LogP contribution is -2.30. The van der Waals surface area contributed by atoms with Gasteiger partial charge in [-0.2, -0.15) is 0 Å². The zero-order valence-electron chi connectivity index (χ0n) is 62.7. The van der Waals surface area contributed by atoms with E-state index in [0.29, 0.717) is 25.7 Å². The van der Waals surface area contributed by atoms with Crippen molar-refractivity contribution in [2.75, 3.05) is 39.6 Å². The van der Waals surface area contributed by atoms with Gasteiger partial charge in [-0.05, 0) is 37.5 Å². The number of ether oxygens (including phenoxy) is 4. The van der Waals surface area contributed by atoms with Crippen LogP contribution in [-0.4, -0.2) is 96.7 Å². The van der Waals surface area contributed by atoms with Crippen molar-refractivity contribution in [1.29, 1.82) is 0 Å². The lowest BCUT2D eigenvalue weighted by atomic mass is 10.0. The summed E-state index contributed by atoms with van der Waals surface area (Å²) in [4.78, 5) is 72.7. The van der Waals surface area contributed by atoms with Gasteiger partial charge in [0, 0.05) is 25.7 Å². The first-order valence-corrected chi connectivity index (χ1v) is 43.0. The number of unbranched alkanes of at least 4 members (excludes halogenated alkanes) is 46. The minimum absolute atomic E-state index is 0.104. The molecule has 96 heavy (non-hydrogen) atoms. The molecule has 0 heterocycles. The fourth-order valence-corrected chi connectivity index (χ4v) is 13.4. The van der Waals surface area contributed by atoms with E-state index in [9.17, 15) is 43.2 Å². The van der Waals surface area contributed by atoms with E-state index in [1.54, 1.807) is 0 Å². The van der Waals surface area contributed by atoms with Gasteiger partial charge in [-0.3, -0.25) is 37.3 Å². The normalized spacial score (nSPS) is 14.0. The van der Waals surface area contributed by atoms with Crippen LogP contribution in [-0.2, 0) is 65.4 Å². The molecule has 19 heteroatoms. The molecule has 570 valence electrons. The lowest BCUT2D eigenvalue weighted by Gasteiger charge is -2.21. The van der Waals surface area contributed by atoms with Crippen LogP contribution in [0.1, 0.15) is 401 Å². The van der Waals surface area contributed by atoms with Crippen LogP contribution >= 0.6 is 15.6 Å². The molecule has 0 aliphatic rings. The Bertz CT molecular complexity index is 1860. The van der Waals surface area contributed by atoms with Crippen molar-refractivity contribution in [2.24, 2.45) is 11.8 Å². The number of rotatable bonds is 76. The van der Waals surface area contributed by atoms with Crippen molar-refractivity contribution in [3.63, 3.8) is 0 Å². The van der Waals surface area contributed by atoms with Gasteiger partial charge in [-0.25, -0.2) is 9.13 Å². The Labute approximate surface area is 588 Å². The van der Waals surface area contributed by atoms with Crippen molar-refractivity contribution in [3.05, 3.63) is 0 Å². The number of phosphoric acid groups is 2. The summed E-state index contributed by atoms with van der Waals surface area (Å²) >= 11 is 0. The van der Waals surface area contributed by atoms with Crippen LogP contribution in [0.5, 0.6) is 0 Å². The van der Waals surface area contributed by atoms with E-state index >= 15 is 0 Å². The molecule has 0 saturated heterocycles. The first kappa shape index (κ1) is 94.1. The second kappa shape index (κ2) is 68.8. The van der Waals surface area contributed by atoms with Gasteiger partial charge in [0.2, 0.25) is 0 Å². The maximum Gasteiger partial charge on any atom is 0.472 e. The summed E-state index contributed by atoms with van der Waals surface area (Å²) in [7, 11) is -9.91. The molecule has 2 unspecified atom stereocenters. The number of phosphoric ester groups is 2. The summed E-state index contributed by atoms with van der Waals surface area (Å²) in [5, 5.41) is 10.6. The maximum absolute atomic E-state index is 13.1. The predicted octanol–water partition coefficient (Wildman–Crippen LogP) is 22.7. The highest BCUT2D eigenvalue weighted by atomic mass is 31.2. The molecule has 0 aromatic rings. The minimum Gasteiger partial charge on any atom is -0.462 e. The van der Waals surface area contributed by atoms with E-state index in [-0.39, 0.29) is 25.7 Å². The second-order valence-corrected chi connectivity index (χ2v) is 31.6. The smallest absolute Gasteiger partial charge is 0.462 e. The number of aliphatic hydroxyl groups excluding tert-OH is 1. The molecule has 0 amide bonds. The van der Waals surface area contributed by atoms with Crippen LogP contribution < -0.4 is 0 Å². The Morgan fingerprint density at radius 2 is 0.479 bits per heavy atom. The molecule has 0 aliphatic carbocycles. The fourth-order valence-electron chi connectivity index (χ4n) is 11.8. The Morgan fingerprint density at radius 1 is 0.281 bits per heavy atom. The monoisotopic (exact) mass is 1410 g/mol. The molecule has 0 aromatic heterocycles. The first-order valence-electron chi connectivity index (χ1n) is 40.0. The number of carbonyl (C=O) groups excluding carboxylic acids is 4. The summed E-state index contributed by atoms with van der Waals surface area (Å²) < 4.78 is 68.4. The molecule has 17 nitrogen and oxygen atoms in total. The SMILES string of the molecule is CCCCCCCCCCCCCCCCCCCCCCCCC(=O)O[C@H](COC(=O)CCCCCCCCCCCCCCC(C)C)COP(=O)(O)OC[C@@H](O)COP(=O)(O)OC[C@@H](COC(=O)CCCCCCCCCC)OC(=O)CCCCCCCCCCC(C)C. The van der Waals surface area contributed by atoms with Gasteiger partial charge >= 0.3 is 39.5 Å². The lowest BCUT2D eigenvalue weighted by molar-refractivity contribution is -0.161. The van der Waals surface area contributed by atoms with Crippen LogP contribution in [0.4, 0.5) is 0 Å². The zero-order valence-corrected chi connectivity index (χ0v) is 64.5. The van der Waals surface area contributed by atoms with Gasteiger partial charge in [-0.15, -0.1) is 0 Å². The quantitative estimate of drug-likeness (QED) is 0.0222. The molecule has 3 N–H and O–H groups in total. The Morgan fingerprint density at radius 3 is 0.708 bits per heavy atom. The third-order valence-corrected chi connectivity index (χ3v) is 19.9. The average molecular weight is 1410 g/mol. The van der Waals surface area contributed by atoms with E-state index in [4.69, 9.17) is 37.0 Å². The summed E-state index contributed by atoms with van der Waals surface area (Å²) in [5.41, 5.74) is 0. The van der Waals surface area contributed by atoms with E-state index in [2.05, 4.69) is 41.5 Å². The molecule has 0 saturated carbocycles. The molecule has 0 radical (unpaired) electrons. The molecule has 0 aliphatic heterocycles. The van der Waals surface area contributed by atoms with E-state index < -0.39 is 97.5 Å². The van der Waals surface area contributed by atoms with Gasteiger partial charge in [0.15, 0.2) is 12.2 Å². The van der Waals surface area contributed by atoms with Crippen LogP contribution in [0.3, 0.4) is 0 Å². The largest absolute Gasteiger partial charge is 0.472 e. The molecule has 0 bridgehead atoms. The van der Waals surface area contributed by atoms with E-state index in [1.165, 1.54) is 212 Å². The van der Waals surface area contributed by atoms with E-state index in [1.807, 2.05) is 0 Å². The van der Waals surface area contributed by atoms with E-state index in [0.717, 1.165) is 108 Å². The summed E-state index contributed by atoms with van der Waals surface area (Å²) in [6.45, 7) is 9.54. The molecule has 0 aromatic carbocycles. The molecular formula is C77H150O17P2. The zero-order chi connectivity index (χ0) is 70.7. The second-order valence-electron chi connectivity index (χ2n) is 28.7. The Hall–Kier alpha value is -1.94. The Balaban J connectivity index is 5.16. The molecule has 5 atom stereocenters. The number of esters is 4. The highest BCUT2D eigenvalue weighted by Crippen LogP contribution is 2.45. The summed E-state index contributed by atoms with van der Waals surface area (Å²) in [5.74, 6) is -0.620. The fraction of sp³-hybridized carbons (Fsp3) is 0.948. The van der Waals surface area contributed by atoms with Crippen molar-refractivity contribution < 1.29 is 80.2 Å². The summed E-state index contributed by atoms with van der Waals surface area (Å²) in [6, 6.07) is 0. The third kappa shape index (κ3) is 70.5. The number of carbonyl (C=O) groups is 4. The maximum atomic E-state index is 13.1. The molecule has 0 fully saturated rings. The molecule has 0 rings (SSSR count). The predicted molar refractivity (Wildman–Crippen MR) is 391 cm³/mol. The van der Waals surface area contributed by atoms with Crippen LogP contribution in [0.2, 0.25) is 0 Å². The van der Waals surface area contributed by atoms with Crippen molar-refractivity contribution in [1.82, 2.24) is 0 Å². The average Bonchev–Trinajstić information content (AvgIpc) is 1.41. The van der Waals surface area contributed by atoms with Gasteiger partial charge in [-0.1, -0.05) is 350 Å². The van der Waals surface area contributed by atoms with Gasteiger partial charge in [0.25, 0.3) is 0 Å². The number of aliphatic hydroxyl groups is 1. The Kier molecular flexibility index (Phi) is 67.4. The topological polar surface area (TPSA) is 237 Å². The molecule has 0 spiro atoms. The third-order valence-electron chi connectivity index (χ3n) is 18.0. The van der Waals surface area contributed by atoms with Gasteiger partial charge in [0.05, 0.1) is 26.4 Å². The van der Waals surface area contributed by atoms with Crippen LogP contribution in [0, 0.1) is 11.8 Å². The first-order chi connectivity index (χ1) is 46.4. The highest BCUT2D eigenvalue weighted by Gasteiger charge is 2.30. The highest BCUT2D eigenvalue weighted by molar-refractivity contribution is 7.47. The van der Waals surface area contributed by atoms with Gasteiger partial charge in [0.1, 0.15) is 19.3 Å². The van der Waals surface area contributed by atoms with Crippen molar-refractivity contribution in [2.45, 2.75) is 419 Å². The van der Waals surface area contributed by atoms with Crippen LogP contribution in [0.15, 0.2) is 0 Å². The van der Waals surface area contributed by atoms with Crippen molar-refractivity contribution in [3.8, 4) is 0 Å². The number of hydrogen-bond acceptors (Lipinski definition) is 15. The minimum atomic E-state index is -4.96. The number of hydrogen-bond donors (Lipinski definition) is 3. The van der Waals surface area contributed by atoms with Crippen LogP contribution in [0.25, 0.3) is 0 Å². The van der Waals surface area contributed by atoms with Gasteiger partial charge < -0.3 is 33.8 Å². The molecular weight excluding hydrogens is 1260 g/mol. The summed E-state index contributed by atoms with van der Waals surface area (Å²) in [6.07, 6.45) is 57.2.